The molecule has 1 aromatic heterocycles. The fraction of sp³-hybridized carbons (Fsp3) is 0.667. The van der Waals surface area contributed by atoms with Gasteiger partial charge in [0.25, 0.3) is 0 Å². The maximum Gasteiger partial charge on any atom is 0.233 e. The Kier molecular flexibility index (Phi) is 6.32. The lowest BCUT2D eigenvalue weighted by molar-refractivity contribution is -0.121. The third kappa shape index (κ3) is 4.99. The molecule has 0 aromatic carbocycles. The average Bonchev–Trinajstić information content (AvgIpc) is 2.76. The van der Waals surface area contributed by atoms with E-state index in [9.17, 15) is 4.79 Å². The fourth-order valence-corrected chi connectivity index (χ4v) is 1.81. The molecule has 0 spiro atoms. The number of carbonyl (C=O) groups is 1. The summed E-state index contributed by atoms with van der Waals surface area (Å²) in [6.07, 6.45) is 9.55. The number of hydrazine groups is 1. The van der Waals surface area contributed by atoms with Crippen molar-refractivity contribution >= 4 is 5.91 Å². The van der Waals surface area contributed by atoms with Crippen LogP contribution in [0.2, 0.25) is 0 Å². The SMILES string of the molecule is CCCc1nccn1CCCCCC(=O)NN. The molecule has 0 aliphatic carbocycles. The summed E-state index contributed by atoms with van der Waals surface area (Å²) in [6, 6.07) is 0. The number of amides is 1. The van der Waals surface area contributed by atoms with E-state index >= 15 is 0 Å². The number of aryl methyl sites for hydroxylation is 2. The van der Waals surface area contributed by atoms with E-state index in [-0.39, 0.29) is 5.91 Å². The van der Waals surface area contributed by atoms with Crippen molar-refractivity contribution in [2.75, 3.05) is 0 Å². The van der Waals surface area contributed by atoms with Crippen molar-refractivity contribution in [1.82, 2.24) is 15.0 Å². The van der Waals surface area contributed by atoms with E-state index in [0.29, 0.717) is 6.42 Å². The van der Waals surface area contributed by atoms with Gasteiger partial charge in [-0.1, -0.05) is 13.3 Å². The third-order valence-electron chi connectivity index (χ3n) is 2.74. The summed E-state index contributed by atoms with van der Waals surface area (Å²) in [5.74, 6) is 6.08. The first-order valence-corrected chi connectivity index (χ1v) is 6.27. The van der Waals surface area contributed by atoms with Crippen LogP contribution in [0.3, 0.4) is 0 Å². The molecule has 5 nitrogen and oxygen atoms in total. The van der Waals surface area contributed by atoms with Crippen molar-refractivity contribution in [2.45, 2.75) is 52.0 Å². The summed E-state index contributed by atoms with van der Waals surface area (Å²) in [5, 5.41) is 0. The first-order chi connectivity index (χ1) is 8.27. The number of nitrogens with one attached hydrogen (secondary N) is 1. The minimum Gasteiger partial charge on any atom is -0.335 e. The first kappa shape index (κ1) is 13.7. The van der Waals surface area contributed by atoms with E-state index in [2.05, 4.69) is 21.9 Å². The van der Waals surface area contributed by atoms with Crippen LogP contribution in [0.5, 0.6) is 0 Å². The third-order valence-corrected chi connectivity index (χ3v) is 2.74. The molecule has 1 heterocycles. The van der Waals surface area contributed by atoms with E-state index in [0.717, 1.165) is 44.5 Å². The zero-order valence-corrected chi connectivity index (χ0v) is 10.5. The van der Waals surface area contributed by atoms with E-state index in [4.69, 9.17) is 5.84 Å². The molecule has 0 aliphatic rings. The van der Waals surface area contributed by atoms with Gasteiger partial charge >= 0.3 is 0 Å². The second kappa shape index (κ2) is 7.84. The van der Waals surface area contributed by atoms with Gasteiger partial charge in [-0.05, 0) is 19.3 Å². The molecule has 96 valence electrons. The van der Waals surface area contributed by atoms with Gasteiger partial charge in [0, 0.05) is 31.8 Å². The second-order valence-electron chi connectivity index (χ2n) is 4.17. The first-order valence-electron chi connectivity index (χ1n) is 6.27. The number of hydrogen-bond donors (Lipinski definition) is 2. The molecule has 0 unspecified atom stereocenters. The molecular weight excluding hydrogens is 216 g/mol. The molecule has 0 saturated heterocycles. The van der Waals surface area contributed by atoms with Gasteiger partial charge < -0.3 is 4.57 Å². The highest BCUT2D eigenvalue weighted by atomic mass is 16.2. The standard InChI is InChI=1S/C12H22N4O/c1-2-6-11-14-8-10-16(11)9-5-3-4-7-12(17)15-13/h8,10H,2-7,9,13H2,1H3,(H,15,17). The Bertz CT molecular complexity index is 335. The largest absolute Gasteiger partial charge is 0.335 e. The number of aromatic nitrogens is 2. The molecule has 0 atom stereocenters. The molecular formula is C12H22N4O. The summed E-state index contributed by atoms with van der Waals surface area (Å²) in [7, 11) is 0. The molecule has 0 fully saturated rings. The van der Waals surface area contributed by atoms with Gasteiger partial charge in [0.05, 0.1) is 0 Å². The number of rotatable bonds is 8. The van der Waals surface area contributed by atoms with Crippen molar-refractivity contribution in [3.8, 4) is 0 Å². The Balaban J connectivity index is 2.17. The molecule has 0 aliphatic heterocycles. The van der Waals surface area contributed by atoms with Crippen molar-refractivity contribution in [2.24, 2.45) is 5.84 Å². The van der Waals surface area contributed by atoms with Gasteiger partial charge in [-0.2, -0.15) is 0 Å². The Labute approximate surface area is 102 Å². The Morgan fingerprint density at radius 2 is 2.29 bits per heavy atom. The molecule has 0 radical (unpaired) electrons. The maximum atomic E-state index is 10.9. The quantitative estimate of drug-likeness (QED) is 0.311. The van der Waals surface area contributed by atoms with E-state index in [1.54, 1.807) is 0 Å². The number of hydrogen-bond acceptors (Lipinski definition) is 3. The average molecular weight is 238 g/mol. The van der Waals surface area contributed by atoms with Crippen LogP contribution in [0, 0.1) is 0 Å². The van der Waals surface area contributed by atoms with Crippen LogP contribution in [0.15, 0.2) is 12.4 Å². The highest BCUT2D eigenvalue weighted by Gasteiger charge is 2.02. The predicted molar refractivity (Wildman–Crippen MR) is 67.0 cm³/mol. The lowest BCUT2D eigenvalue weighted by Crippen LogP contribution is -2.29. The lowest BCUT2D eigenvalue weighted by Gasteiger charge is -2.06. The maximum absolute atomic E-state index is 10.9. The topological polar surface area (TPSA) is 72.9 Å². The second-order valence-corrected chi connectivity index (χ2v) is 4.17. The zero-order valence-electron chi connectivity index (χ0n) is 10.5. The molecule has 1 amide bonds. The van der Waals surface area contributed by atoms with E-state index in [1.807, 2.05) is 12.4 Å². The number of unbranched alkanes of at least 4 members (excludes halogenated alkanes) is 2. The van der Waals surface area contributed by atoms with Gasteiger partial charge in [-0.15, -0.1) is 0 Å². The summed E-state index contributed by atoms with van der Waals surface area (Å²) < 4.78 is 2.20. The minimum atomic E-state index is -0.0840. The minimum absolute atomic E-state index is 0.0840. The molecule has 3 N–H and O–H groups in total. The van der Waals surface area contributed by atoms with Gasteiger partial charge in [0.2, 0.25) is 5.91 Å². The van der Waals surface area contributed by atoms with Gasteiger partial charge in [0.1, 0.15) is 5.82 Å². The number of imidazole rings is 1. The monoisotopic (exact) mass is 238 g/mol. The van der Waals surface area contributed by atoms with Crippen LogP contribution in [0.1, 0.15) is 44.9 Å². The fourth-order valence-electron chi connectivity index (χ4n) is 1.81. The van der Waals surface area contributed by atoms with Crippen molar-refractivity contribution in [3.63, 3.8) is 0 Å². The Morgan fingerprint density at radius 1 is 1.47 bits per heavy atom. The number of nitrogens with two attached hydrogens (primary N) is 1. The Morgan fingerprint density at radius 3 is 3.00 bits per heavy atom. The molecule has 1 rings (SSSR count). The van der Waals surface area contributed by atoms with Crippen LogP contribution < -0.4 is 11.3 Å². The summed E-state index contributed by atoms with van der Waals surface area (Å²) in [6.45, 7) is 3.14. The van der Waals surface area contributed by atoms with Crippen LogP contribution in [0.4, 0.5) is 0 Å². The molecule has 17 heavy (non-hydrogen) atoms. The van der Waals surface area contributed by atoms with Crippen LogP contribution in [-0.4, -0.2) is 15.5 Å². The van der Waals surface area contributed by atoms with E-state index < -0.39 is 0 Å². The van der Waals surface area contributed by atoms with Gasteiger partial charge in [-0.3, -0.25) is 10.2 Å². The Hall–Kier alpha value is -1.36. The highest BCUT2D eigenvalue weighted by molar-refractivity contribution is 5.74. The number of nitrogens with zero attached hydrogens (tertiary/aromatic N) is 2. The van der Waals surface area contributed by atoms with Gasteiger partial charge in [0.15, 0.2) is 0 Å². The lowest BCUT2D eigenvalue weighted by atomic mass is 10.2. The summed E-state index contributed by atoms with van der Waals surface area (Å²) >= 11 is 0. The summed E-state index contributed by atoms with van der Waals surface area (Å²) in [5.41, 5.74) is 2.14. The highest BCUT2D eigenvalue weighted by Crippen LogP contribution is 2.06. The van der Waals surface area contributed by atoms with Crippen LogP contribution >= 0.6 is 0 Å². The predicted octanol–water partition coefficient (Wildman–Crippen LogP) is 1.39. The molecule has 1 aromatic rings. The molecule has 0 bridgehead atoms. The number of carbonyl (C=O) groups excluding carboxylic acids is 1. The van der Waals surface area contributed by atoms with E-state index in [1.165, 1.54) is 0 Å². The van der Waals surface area contributed by atoms with Gasteiger partial charge in [-0.25, -0.2) is 10.8 Å². The van der Waals surface area contributed by atoms with Crippen LogP contribution in [-0.2, 0) is 17.8 Å². The normalized spacial score (nSPS) is 10.5. The summed E-state index contributed by atoms with van der Waals surface area (Å²) in [4.78, 5) is 15.2. The van der Waals surface area contributed by atoms with Crippen LogP contribution in [0.25, 0.3) is 0 Å². The zero-order chi connectivity index (χ0) is 12.5. The molecule has 0 saturated carbocycles. The van der Waals surface area contributed by atoms with Crippen molar-refractivity contribution in [3.05, 3.63) is 18.2 Å². The van der Waals surface area contributed by atoms with Crippen molar-refractivity contribution in [1.29, 1.82) is 0 Å². The smallest absolute Gasteiger partial charge is 0.233 e. The van der Waals surface area contributed by atoms with Crippen molar-refractivity contribution < 1.29 is 4.79 Å². The molecule has 5 heteroatoms.